The first kappa shape index (κ1) is 19.0. The van der Waals surface area contributed by atoms with Crippen LogP contribution in [0.3, 0.4) is 0 Å². The first-order chi connectivity index (χ1) is 11.8. The van der Waals surface area contributed by atoms with E-state index in [1.807, 2.05) is 12.1 Å². The minimum Gasteiger partial charge on any atom is -0.460 e. The molecule has 2 rings (SSSR count). The summed E-state index contributed by atoms with van der Waals surface area (Å²) in [5.41, 5.74) is 1.000. The molecule has 0 saturated carbocycles. The molecule has 1 aromatic heterocycles. The van der Waals surface area contributed by atoms with Gasteiger partial charge in [0.15, 0.2) is 0 Å². The third-order valence-corrected chi connectivity index (χ3v) is 4.90. The summed E-state index contributed by atoms with van der Waals surface area (Å²) in [6.07, 6.45) is 5.29. The molecule has 0 spiro atoms. The summed E-state index contributed by atoms with van der Waals surface area (Å²) in [7, 11) is 0. The van der Waals surface area contributed by atoms with Gasteiger partial charge in [0, 0.05) is 5.39 Å². The second-order valence-electron chi connectivity index (χ2n) is 6.56. The van der Waals surface area contributed by atoms with Gasteiger partial charge in [0.1, 0.15) is 11.3 Å². The summed E-state index contributed by atoms with van der Waals surface area (Å²) in [5, 5.41) is 1.21. The molecule has 0 radical (unpaired) electrons. The molecule has 0 fully saturated rings. The van der Waals surface area contributed by atoms with Crippen molar-refractivity contribution in [2.45, 2.75) is 53.0 Å². The summed E-state index contributed by atoms with van der Waals surface area (Å²) in [4.78, 5) is 5.00. The number of hydrogen-bond donors (Lipinski definition) is 0. The Morgan fingerprint density at radius 3 is 2.04 bits per heavy atom. The van der Waals surface area contributed by atoms with E-state index >= 15 is 0 Å². The number of fused-ring (bicyclic) bond motifs is 1. The number of para-hydroxylation sites is 1. The normalized spacial score (nSPS) is 11.9. The maximum absolute atomic E-state index is 5.95. The minimum atomic E-state index is 0.921. The first-order valence-electron chi connectivity index (χ1n) is 9.69. The second kappa shape index (κ2) is 10.5. The van der Waals surface area contributed by atoms with Crippen molar-refractivity contribution in [2.24, 2.45) is 0 Å². The van der Waals surface area contributed by atoms with Crippen LogP contribution in [0.2, 0.25) is 0 Å². The van der Waals surface area contributed by atoms with Gasteiger partial charge >= 0.3 is 0 Å². The molecule has 0 saturated heterocycles. The van der Waals surface area contributed by atoms with Crippen LogP contribution < -0.4 is 0 Å². The zero-order valence-corrected chi connectivity index (χ0v) is 15.8. The predicted octanol–water partition coefficient (Wildman–Crippen LogP) is 5.16. The quantitative estimate of drug-likeness (QED) is 0.501. The number of benzene rings is 1. The number of nitrogens with zero attached hydrogens (tertiary/aromatic N) is 2. The van der Waals surface area contributed by atoms with Gasteiger partial charge < -0.3 is 9.32 Å². The molecule has 0 aliphatic heterocycles. The van der Waals surface area contributed by atoms with E-state index in [1.165, 1.54) is 57.2 Å². The van der Waals surface area contributed by atoms with Crippen molar-refractivity contribution < 1.29 is 4.42 Å². The van der Waals surface area contributed by atoms with E-state index in [1.54, 1.807) is 0 Å². The van der Waals surface area contributed by atoms with Gasteiger partial charge in [-0.1, -0.05) is 51.8 Å². The van der Waals surface area contributed by atoms with E-state index < -0.39 is 0 Å². The zero-order chi connectivity index (χ0) is 17.2. The maximum Gasteiger partial charge on any atom is 0.134 e. The monoisotopic (exact) mass is 330 g/mol. The Balaban J connectivity index is 1.67. The fourth-order valence-electron chi connectivity index (χ4n) is 3.25. The van der Waals surface area contributed by atoms with Gasteiger partial charge in [0.05, 0.1) is 6.54 Å². The third kappa shape index (κ3) is 5.95. The Bertz CT molecular complexity index is 541. The van der Waals surface area contributed by atoms with E-state index in [0.29, 0.717) is 0 Å². The number of furan rings is 1. The lowest BCUT2D eigenvalue weighted by atomic mass is 10.1. The molecule has 1 aromatic carbocycles. The van der Waals surface area contributed by atoms with Crippen molar-refractivity contribution in [2.75, 3.05) is 32.7 Å². The smallest absolute Gasteiger partial charge is 0.134 e. The molecule has 1 heterocycles. The van der Waals surface area contributed by atoms with Crippen LogP contribution in [0.1, 0.15) is 52.2 Å². The SMILES string of the molecule is CCN(CC)CCCCCCN(CC)Cc1cc2ccccc2o1. The molecule has 24 heavy (non-hydrogen) atoms. The van der Waals surface area contributed by atoms with Crippen molar-refractivity contribution in [1.82, 2.24) is 9.80 Å². The second-order valence-corrected chi connectivity index (χ2v) is 6.56. The van der Waals surface area contributed by atoms with Crippen LogP contribution >= 0.6 is 0 Å². The molecule has 134 valence electrons. The van der Waals surface area contributed by atoms with Gasteiger partial charge in [-0.05, 0) is 57.7 Å². The van der Waals surface area contributed by atoms with Gasteiger partial charge in [-0.3, -0.25) is 4.90 Å². The van der Waals surface area contributed by atoms with Crippen LogP contribution in [-0.2, 0) is 6.54 Å². The fraction of sp³-hybridized carbons (Fsp3) is 0.619. The summed E-state index contributed by atoms with van der Waals surface area (Å²) >= 11 is 0. The van der Waals surface area contributed by atoms with Crippen LogP contribution in [0, 0.1) is 0 Å². The molecular weight excluding hydrogens is 296 g/mol. The third-order valence-electron chi connectivity index (χ3n) is 4.90. The Labute approximate surface area is 147 Å². The van der Waals surface area contributed by atoms with E-state index in [2.05, 4.69) is 48.8 Å². The highest BCUT2D eigenvalue weighted by molar-refractivity contribution is 5.77. The number of rotatable bonds is 12. The van der Waals surface area contributed by atoms with Gasteiger partial charge in [0.25, 0.3) is 0 Å². The van der Waals surface area contributed by atoms with Crippen molar-refractivity contribution in [3.05, 3.63) is 36.1 Å². The van der Waals surface area contributed by atoms with Crippen LogP contribution in [-0.4, -0.2) is 42.5 Å². The zero-order valence-electron chi connectivity index (χ0n) is 15.8. The molecule has 0 aliphatic carbocycles. The molecule has 0 amide bonds. The average Bonchev–Trinajstić information content (AvgIpc) is 3.02. The molecule has 0 unspecified atom stereocenters. The van der Waals surface area contributed by atoms with E-state index in [4.69, 9.17) is 4.42 Å². The fourth-order valence-corrected chi connectivity index (χ4v) is 3.25. The molecule has 2 aromatic rings. The molecule has 0 aliphatic rings. The van der Waals surface area contributed by atoms with Gasteiger partial charge in [0.2, 0.25) is 0 Å². The topological polar surface area (TPSA) is 19.6 Å². The van der Waals surface area contributed by atoms with E-state index in [-0.39, 0.29) is 0 Å². The average molecular weight is 331 g/mol. The summed E-state index contributed by atoms with van der Waals surface area (Å²) < 4.78 is 5.95. The van der Waals surface area contributed by atoms with Gasteiger partial charge in [-0.25, -0.2) is 0 Å². The molecule has 3 nitrogen and oxygen atoms in total. The highest BCUT2D eigenvalue weighted by Gasteiger charge is 2.08. The first-order valence-corrected chi connectivity index (χ1v) is 9.69. The molecule has 0 atom stereocenters. The summed E-state index contributed by atoms with van der Waals surface area (Å²) in [6, 6.07) is 10.4. The van der Waals surface area contributed by atoms with Crippen LogP contribution in [0.25, 0.3) is 11.0 Å². The lowest BCUT2D eigenvalue weighted by Crippen LogP contribution is -2.24. The van der Waals surface area contributed by atoms with Crippen molar-refractivity contribution in [1.29, 1.82) is 0 Å². The van der Waals surface area contributed by atoms with E-state index in [9.17, 15) is 0 Å². The maximum atomic E-state index is 5.95. The summed E-state index contributed by atoms with van der Waals surface area (Å²) in [5.74, 6) is 1.08. The molecule has 0 bridgehead atoms. The Hall–Kier alpha value is -1.32. The van der Waals surface area contributed by atoms with Gasteiger partial charge in [-0.15, -0.1) is 0 Å². The minimum absolute atomic E-state index is 0.921. The lowest BCUT2D eigenvalue weighted by Gasteiger charge is -2.19. The summed E-state index contributed by atoms with van der Waals surface area (Å²) in [6.45, 7) is 13.5. The largest absolute Gasteiger partial charge is 0.460 e. The highest BCUT2D eigenvalue weighted by Crippen LogP contribution is 2.20. The van der Waals surface area contributed by atoms with Crippen molar-refractivity contribution in [3.63, 3.8) is 0 Å². The van der Waals surface area contributed by atoms with Crippen LogP contribution in [0.5, 0.6) is 0 Å². The molecule has 0 N–H and O–H groups in total. The number of hydrogen-bond acceptors (Lipinski definition) is 3. The highest BCUT2D eigenvalue weighted by atomic mass is 16.3. The van der Waals surface area contributed by atoms with Crippen molar-refractivity contribution in [3.8, 4) is 0 Å². The Kier molecular flexibility index (Phi) is 8.34. The molecular formula is C21H34N2O. The standard InChI is InChI=1S/C21H34N2O/c1-4-22(5-2)15-11-7-8-12-16-23(6-3)18-20-17-19-13-9-10-14-21(19)24-20/h9-10,13-14,17H,4-8,11-12,15-16,18H2,1-3H3. The van der Waals surface area contributed by atoms with Gasteiger partial charge in [-0.2, -0.15) is 0 Å². The van der Waals surface area contributed by atoms with Crippen LogP contribution in [0.4, 0.5) is 0 Å². The van der Waals surface area contributed by atoms with E-state index in [0.717, 1.165) is 24.4 Å². The molecule has 3 heteroatoms. The van der Waals surface area contributed by atoms with Crippen molar-refractivity contribution >= 4 is 11.0 Å². The van der Waals surface area contributed by atoms with Crippen LogP contribution in [0.15, 0.2) is 34.7 Å². The lowest BCUT2D eigenvalue weighted by molar-refractivity contribution is 0.250. The predicted molar refractivity (Wildman–Crippen MR) is 103 cm³/mol. The Morgan fingerprint density at radius 1 is 0.792 bits per heavy atom. The Morgan fingerprint density at radius 2 is 1.42 bits per heavy atom. The number of unbranched alkanes of at least 4 members (excludes halogenated alkanes) is 3.